The third-order valence-corrected chi connectivity index (χ3v) is 7.82. The van der Waals surface area contributed by atoms with Crippen molar-refractivity contribution >= 4 is 50.1 Å². The maximum Gasteiger partial charge on any atom is 0.257 e. The minimum Gasteiger partial charge on any atom is -0.348 e. The summed E-state index contributed by atoms with van der Waals surface area (Å²) >= 11 is 1.27. The summed E-state index contributed by atoms with van der Waals surface area (Å²) in [5.41, 5.74) is 3.21. The summed E-state index contributed by atoms with van der Waals surface area (Å²) in [5.74, 6) is -0.0689. The largest absolute Gasteiger partial charge is 0.348 e. The van der Waals surface area contributed by atoms with Gasteiger partial charge in [0, 0.05) is 42.2 Å². The topological polar surface area (TPSA) is 99.1 Å². The molecule has 0 unspecified atom stereocenters. The number of benzene rings is 2. The Labute approximate surface area is 184 Å². The van der Waals surface area contributed by atoms with E-state index in [1.807, 2.05) is 35.2 Å². The Balaban J connectivity index is 1.25. The molecular weight excluding hydrogens is 436 g/mol. The van der Waals surface area contributed by atoms with Crippen LogP contribution in [0.5, 0.6) is 0 Å². The Morgan fingerprint density at radius 3 is 2.65 bits per heavy atom. The predicted octanol–water partition coefficient (Wildman–Crippen LogP) is 2.35. The molecule has 8 nitrogen and oxygen atoms in total. The Morgan fingerprint density at radius 2 is 1.90 bits per heavy atom. The first-order chi connectivity index (χ1) is 14.9. The Hall–Kier alpha value is -2.85. The molecule has 1 saturated heterocycles. The van der Waals surface area contributed by atoms with Crippen LogP contribution in [0.2, 0.25) is 0 Å². The first-order valence-electron chi connectivity index (χ1n) is 9.99. The minimum absolute atomic E-state index is 0.0105. The van der Waals surface area contributed by atoms with Crippen LogP contribution in [-0.2, 0) is 21.4 Å². The first-order valence-corrected chi connectivity index (χ1v) is 12.4. The van der Waals surface area contributed by atoms with Crippen LogP contribution in [0, 0.1) is 0 Å². The molecule has 31 heavy (non-hydrogen) atoms. The lowest BCUT2D eigenvalue weighted by atomic mass is 10.1. The fourth-order valence-corrected chi connectivity index (χ4v) is 6.17. The summed E-state index contributed by atoms with van der Waals surface area (Å²) in [6, 6.07) is 13.0. The summed E-state index contributed by atoms with van der Waals surface area (Å²) in [6.45, 7) is 1.49. The second-order valence-electron chi connectivity index (χ2n) is 7.59. The normalized spacial score (nSPS) is 19.1. The van der Waals surface area contributed by atoms with Gasteiger partial charge in [-0.25, -0.2) is 8.42 Å². The van der Waals surface area contributed by atoms with Crippen molar-refractivity contribution in [3.8, 4) is 0 Å². The molecule has 0 aliphatic carbocycles. The van der Waals surface area contributed by atoms with Crippen molar-refractivity contribution in [2.45, 2.75) is 24.3 Å². The van der Waals surface area contributed by atoms with Crippen LogP contribution in [0.4, 0.5) is 11.4 Å². The Morgan fingerprint density at radius 1 is 1.10 bits per heavy atom. The van der Waals surface area contributed by atoms with E-state index in [0.717, 1.165) is 34.8 Å². The van der Waals surface area contributed by atoms with E-state index in [-0.39, 0.29) is 17.6 Å². The highest BCUT2D eigenvalue weighted by atomic mass is 32.2. The number of fused-ring (bicyclic) bond motifs is 3. The van der Waals surface area contributed by atoms with Crippen LogP contribution in [0.25, 0.3) is 0 Å². The number of amidine groups is 1. The molecule has 10 heteroatoms. The van der Waals surface area contributed by atoms with Crippen LogP contribution in [-0.4, -0.2) is 44.2 Å². The third kappa shape index (κ3) is 3.92. The molecule has 2 amide bonds. The van der Waals surface area contributed by atoms with Gasteiger partial charge in [-0.1, -0.05) is 12.1 Å². The summed E-state index contributed by atoms with van der Waals surface area (Å²) in [6.07, 6.45) is 1.48. The fourth-order valence-electron chi connectivity index (χ4n) is 3.87. The van der Waals surface area contributed by atoms with E-state index >= 15 is 0 Å². The number of nitrogens with zero attached hydrogens (tertiary/aromatic N) is 3. The number of nitrogens with one attached hydrogen (secondary N) is 1. The summed E-state index contributed by atoms with van der Waals surface area (Å²) in [5, 5.41) is 3.35. The van der Waals surface area contributed by atoms with Gasteiger partial charge in [-0.2, -0.15) is 0 Å². The van der Waals surface area contributed by atoms with E-state index in [1.54, 1.807) is 17.0 Å². The van der Waals surface area contributed by atoms with Crippen molar-refractivity contribution in [3.63, 3.8) is 0 Å². The Kier molecular flexibility index (Phi) is 4.98. The van der Waals surface area contributed by atoms with Crippen molar-refractivity contribution in [2.24, 2.45) is 4.40 Å². The maximum atomic E-state index is 12.6. The SMILES string of the molecule is O=C(NCc1ccc(N2CCCC2=O)cc1)c1ccc2c(c1)SC1=NS(=O)(=O)CCN12. The van der Waals surface area contributed by atoms with Crippen molar-refractivity contribution in [1.29, 1.82) is 0 Å². The van der Waals surface area contributed by atoms with Crippen LogP contribution in [0.1, 0.15) is 28.8 Å². The molecular formula is C21H20N4O4S2. The summed E-state index contributed by atoms with van der Waals surface area (Å²) in [4.78, 5) is 29.0. The first kappa shape index (κ1) is 20.1. The maximum absolute atomic E-state index is 12.6. The van der Waals surface area contributed by atoms with Crippen LogP contribution in [0.3, 0.4) is 0 Å². The van der Waals surface area contributed by atoms with E-state index in [4.69, 9.17) is 0 Å². The zero-order valence-corrected chi connectivity index (χ0v) is 18.2. The molecule has 0 radical (unpaired) electrons. The number of hydrogen-bond acceptors (Lipinski definition) is 6. The number of rotatable bonds is 4. The highest BCUT2D eigenvalue weighted by Crippen LogP contribution is 2.42. The van der Waals surface area contributed by atoms with Crippen LogP contribution in [0.15, 0.2) is 51.8 Å². The van der Waals surface area contributed by atoms with Crippen LogP contribution >= 0.6 is 11.8 Å². The van der Waals surface area contributed by atoms with Gasteiger partial charge in [-0.15, -0.1) is 4.40 Å². The van der Waals surface area contributed by atoms with Gasteiger partial charge >= 0.3 is 0 Å². The van der Waals surface area contributed by atoms with Gasteiger partial charge in [-0.3, -0.25) is 9.59 Å². The molecule has 1 fully saturated rings. The molecule has 0 aromatic heterocycles. The van der Waals surface area contributed by atoms with Crippen molar-refractivity contribution in [1.82, 2.24) is 5.32 Å². The van der Waals surface area contributed by atoms with Crippen molar-refractivity contribution in [3.05, 3.63) is 53.6 Å². The number of amides is 2. The molecule has 2 aromatic rings. The quantitative estimate of drug-likeness (QED) is 0.758. The zero-order chi connectivity index (χ0) is 21.6. The molecule has 3 aliphatic rings. The average Bonchev–Trinajstić information content (AvgIpc) is 3.33. The number of thioether (sulfide) groups is 1. The highest BCUT2D eigenvalue weighted by Gasteiger charge is 2.33. The zero-order valence-electron chi connectivity index (χ0n) is 16.6. The van der Waals surface area contributed by atoms with Crippen LogP contribution < -0.4 is 15.1 Å². The number of hydrogen-bond donors (Lipinski definition) is 1. The number of sulfonamides is 1. The molecule has 0 spiro atoms. The minimum atomic E-state index is -3.41. The second kappa shape index (κ2) is 7.69. The van der Waals surface area contributed by atoms with Gasteiger partial charge in [0.25, 0.3) is 15.9 Å². The molecule has 1 N–H and O–H groups in total. The molecule has 0 atom stereocenters. The summed E-state index contributed by atoms with van der Waals surface area (Å²) < 4.78 is 27.3. The van der Waals surface area contributed by atoms with E-state index in [2.05, 4.69) is 9.71 Å². The number of anilines is 2. The highest BCUT2D eigenvalue weighted by molar-refractivity contribution is 8.15. The van der Waals surface area contributed by atoms with E-state index < -0.39 is 10.0 Å². The third-order valence-electron chi connectivity index (χ3n) is 5.51. The van der Waals surface area contributed by atoms with Crippen molar-refractivity contribution < 1.29 is 18.0 Å². The number of carbonyl (C=O) groups is 2. The van der Waals surface area contributed by atoms with E-state index in [1.165, 1.54) is 11.8 Å². The molecule has 160 valence electrons. The van der Waals surface area contributed by atoms with Gasteiger partial charge in [-0.05, 0) is 54.1 Å². The molecule has 5 rings (SSSR count). The lowest BCUT2D eigenvalue weighted by Gasteiger charge is -2.22. The monoisotopic (exact) mass is 456 g/mol. The Bertz CT molecular complexity index is 1210. The van der Waals surface area contributed by atoms with Gasteiger partial charge in [0.05, 0.1) is 11.4 Å². The lowest BCUT2D eigenvalue weighted by Crippen LogP contribution is -2.35. The number of carbonyl (C=O) groups excluding carboxylic acids is 2. The molecule has 3 heterocycles. The van der Waals surface area contributed by atoms with Gasteiger partial charge in [0.2, 0.25) is 5.91 Å². The smallest absolute Gasteiger partial charge is 0.257 e. The molecule has 0 bridgehead atoms. The van der Waals surface area contributed by atoms with E-state index in [9.17, 15) is 18.0 Å². The standard InChI is InChI=1S/C21H20N4O4S2/c26-19-2-1-9-24(19)16-6-3-14(4-7-16)13-22-20(27)15-5-8-17-18(12-15)30-21-23-31(28,29)11-10-25(17)21/h3-8,12H,1-2,9-11,13H2,(H,22,27). The second-order valence-corrected chi connectivity index (χ2v) is 10.4. The fraction of sp³-hybridized carbons (Fsp3) is 0.286. The van der Waals surface area contributed by atoms with Gasteiger partial charge in [0.1, 0.15) is 0 Å². The van der Waals surface area contributed by atoms with Crippen molar-refractivity contribution in [2.75, 3.05) is 28.6 Å². The summed E-state index contributed by atoms with van der Waals surface area (Å²) in [7, 11) is -3.41. The molecule has 0 saturated carbocycles. The van der Waals surface area contributed by atoms with E-state index in [0.29, 0.717) is 30.2 Å². The van der Waals surface area contributed by atoms with Gasteiger partial charge in [0.15, 0.2) is 5.17 Å². The molecule has 2 aromatic carbocycles. The average molecular weight is 457 g/mol. The predicted molar refractivity (Wildman–Crippen MR) is 120 cm³/mol. The molecule has 3 aliphatic heterocycles. The van der Waals surface area contributed by atoms with Gasteiger partial charge < -0.3 is 15.1 Å². The lowest BCUT2D eigenvalue weighted by molar-refractivity contribution is -0.117.